The smallest absolute Gasteiger partial charge is 0.271 e. The van der Waals surface area contributed by atoms with Gasteiger partial charge in [-0.15, -0.1) is 0 Å². The van der Waals surface area contributed by atoms with E-state index in [9.17, 15) is 9.59 Å². The number of rotatable bonds is 5. The predicted molar refractivity (Wildman–Crippen MR) is 113 cm³/mol. The van der Waals surface area contributed by atoms with E-state index in [1.807, 2.05) is 6.07 Å². The van der Waals surface area contributed by atoms with Gasteiger partial charge >= 0.3 is 0 Å². The van der Waals surface area contributed by atoms with Crippen molar-refractivity contribution in [2.24, 2.45) is 4.99 Å². The molecule has 2 aromatic heterocycles. The summed E-state index contributed by atoms with van der Waals surface area (Å²) in [6.45, 7) is 3.25. The first kappa shape index (κ1) is 19.9. The first-order chi connectivity index (χ1) is 14.4. The summed E-state index contributed by atoms with van der Waals surface area (Å²) < 4.78 is 18.2. The minimum atomic E-state index is -0.638. The van der Waals surface area contributed by atoms with E-state index in [1.165, 1.54) is 29.1 Å². The zero-order valence-electron chi connectivity index (χ0n) is 17.0. The summed E-state index contributed by atoms with van der Waals surface area (Å²) in [7, 11) is 3.13. The van der Waals surface area contributed by atoms with Gasteiger partial charge in [0.05, 0.1) is 25.0 Å². The van der Waals surface area contributed by atoms with E-state index in [2.05, 4.69) is 4.99 Å². The highest BCUT2D eigenvalue weighted by atomic mass is 32.1. The molecule has 8 heteroatoms. The zero-order valence-corrected chi connectivity index (χ0v) is 17.8. The third kappa shape index (κ3) is 3.29. The zero-order chi connectivity index (χ0) is 21.4. The fourth-order valence-corrected chi connectivity index (χ4v) is 4.63. The standard InChI is InChI=1S/C22H20N2O5S/c1-12-19(13(2)25)20(16-6-5-9-29-16)24-21(26)18(30-22(24)23-12)11-14-7-8-15(27-3)17(10-14)28-4/h5-11,20H,1-4H3/b18-11+. The molecule has 1 atom stereocenters. The van der Waals surface area contributed by atoms with E-state index in [1.54, 1.807) is 51.5 Å². The fraction of sp³-hybridized carbons (Fsp3) is 0.227. The molecular formula is C22H20N2O5S. The average Bonchev–Trinajstić information content (AvgIpc) is 3.35. The van der Waals surface area contributed by atoms with Crippen molar-refractivity contribution in [1.82, 2.24) is 4.57 Å². The number of fused-ring (bicyclic) bond motifs is 1. The third-order valence-electron chi connectivity index (χ3n) is 4.92. The van der Waals surface area contributed by atoms with Crippen molar-refractivity contribution < 1.29 is 18.7 Å². The van der Waals surface area contributed by atoms with Gasteiger partial charge in [-0.1, -0.05) is 17.4 Å². The molecule has 0 saturated carbocycles. The largest absolute Gasteiger partial charge is 0.493 e. The summed E-state index contributed by atoms with van der Waals surface area (Å²) in [5.41, 5.74) is 1.59. The Morgan fingerprint density at radius 1 is 1.23 bits per heavy atom. The molecular weight excluding hydrogens is 404 g/mol. The van der Waals surface area contributed by atoms with Gasteiger partial charge < -0.3 is 13.9 Å². The number of furan rings is 1. The quantitative estimate of drug-likeness (QED) is 0.628. The molecule has 1 aliphatic rings. The second-order valence-electron chi connectivity index (χ2n) is 6.77. The Morgan fingerprint density at radius 3 is 2.63 bits per heavy atom. The highest BCUT2D eigenvalue weighted by molar-refractivity contribution is 7.07. The van der Waals surface area contributed by atoms with Crippen molar-refractivity contribution in [1.29, 1.82) is 0 Å². The number of thiazole rings is 1. The van der Waals surface area contributed by atoms with Crippen molar-refractivity contribution in [3.8, 4) is 11.5 Å². The van der Waals surface area contributed by atoms with Gasteiger partial charge in [0.25, 0.3) is 5.56 Å². The van der Waals surface area contributed by atoms with E-state index in [0.29, 0.717) is 37.9 Å². The van der Waals surface area contributed by atoms with Crippen LogP contribution < -0.4 is 24.4 Å². The van der Waals surface area contributed by atoms with E-state index in [4.69, 9.17) is 13.9 Å². The van der Waals surface area contributed by atoms with Crippen molar-refractivity contribution in [2.45, 2.75) is 19.9 Å². The topological polar surface area (TPSA) is 83.0 Å². The molecule has 4 rings (SSSR count). The van der Waals surface area contributed by atoms with Crippen LogP contribution in [0.2, 0.25) is 0 Å². The molecule has 0 bridgehead atoms. The number of ketones is 1. The molecule has 1 aliphatic heterocycles. The molecule has 0 fully saturated rings. The van der Waals surface area contributed by atoms with Crippen LogP contribution >= 0.6 is 11.3 Å². The van der Waals surface area contributed by atoms with Crippen LogP contribution in [0.4, 0.5) is 0 Å². The van der Waals surface area contributed by atoms with Gasteiger partial charge in [-0.2, -0.15) is 0 Å². The minimum absolute atomic E-state index is 0.146. The van der Waals surface area contributed by atoms with Gasteiger partial charge in [0.2, 0.25) is 0 Å². The summed E-state index contributed by atoms with van der Waals surface area (Å²) in [4.78, 5) is 30.7. The second-order valence-corrected chi connectivity index (χ2v) is 7.78. The number of hydrogen-bond acceptors (Lipinski definition) is 7. The number of benzene rings is 1. The third-order valence-corrected chi connectivity index (χ3v) is 5.90. The lowest BCUT2D eigenvalue weighted by Gasteiger charge is -2.22. The Hall–Kier alpha value is -3.39. The number of ether oxygens (including phenoxy) is 2. The Kier molecular flexibility index (Phi) is 5.17. The summed E-state index contributed by atoms with van der Waals surface area (Å²) >= 11 is 1.27. The van der Waals surface area contributed by atoms with Gasteiger partial charge in [-0.25, -0.2) is 4.99 Å². The molecule has 1 unspecified atom stereocenters. The van der Waals surface area contributed by atoms with Crippen LogP contribution in [0.15, 0.2) is 62.1 Å². The van der Waals surface area contributed by atoms with Crippen LogP contribution in [-0.2, 0) is 4.79 Å². The number of aromatic nitrogens is 1. The lowest BCUT2D eigenvalue weighted by Crippen LogP contribution is -2.39. The maximum absolute atomic E-state index is 13.3. The molecule has 0 N–H and O–H groups in total. The van der Waals surface area contributed by atoms with Gasteiger partial charge in [-0.3, -0.25) is 14.2 Å². The van der Waals surface area contributed by atoms with Crippen molar-refractivity contribution in [3.05, 3.63) is 78.9 Å². The number of carbonyl (C=O) groups is 1. The second kappa shape index (κ2) is 7.79. The molecule has 0 saturated heterocycles. The first-order valence-electron chi connectivity index (χ1n) is 9.23. The Labute approximate surface area is 176 Å². The molecule has 7 nitrogen and oxygen atoms in total. The minimum Gasteiger partial charge on any atom is -0.493 e. The number of carbonyl (C=O) groups excluding carboxylic acids is 1. The number of allylic oxidation sites excluding steroid dienone is 2. The lowest BCUT2D eigenvalue weighted by molar-refractivity contribution is -0.114. The Morgan fingerprint density at radius 2 is 2.00 bits per heavy atom. The molecule has 1 aromatic carbocycles. The van der Waals surface area contributed by atoms with Crippen LogP contribution in [0, 0.1) is 0 Å². The van der Waals surface area contributed by atoms with Crippen LogP contribution in [0.1, 0.15) is 31.2 Å². The Bertz CT molecular complexity index is 1330. The summed E-state index contributed by atoms with van der Waals surface area (Å²) in [6, 6.07) is 8.29. The van der Waals surface area contributed by atoms with Gasteiger partial charge in [0.15, 0.2) is 22.1 Å². The lowest BCUT2D eigenvalue weighted by atomic mass is 9.98. The van der Waals surface area contributed by atoms with Crippen molar-refractivity contribution >= 4 is 23.2 Å². The predicted octanol–water partition coefficient (Wildman–Crippen LogP) is 2.43. The molecule has 3 aromatic rings. The van der Waals surface area contributed by atoms with Crippen LogP contribution in [0.5, 0.6) is 11.5 Å². The van der Waals surface area contributed by atoms with Crippen LogP contribution in [0.3, 0.4) is 0 Å². The highest BCUT2D eigenvalue weighted by Crippen LogP contribution is 2.30. The molecule has 30 heavy (non-hydrogen) atoms. The summed E-state index contributed by atoms with van der Waals surface area (Å²) in [5.74, 6) is 1.55. The number of hydrogen-bond donors (Lipinski definition) is 0. The van der Waals surface area contributed by atoms with E-state index in [-0.39, 0.29) is 11.3 Å². The Balaban J connectivity index is 1.92. The fourth-order valence-electron chi connectivity index (χ4n) is 3.58. The maximum Gasteiger partial charge on any atom is 0.271 e. The van der Waals surface area contributed by atoms with Gasteiger partial charge in [-0.05, 0) is 49.8 Å². The van der Waals surface area contributed by atoms with E-state index in [0.717, 1.165) is 5.56 Å². The monoisotopic (exact) mass is 424 g/mol. The van der Waals surface area contributed by atoms with E-state index >= 15 is 0 Å². The summed E-state index contributed by atoms with van der Waals surface area (Å²) in [6.07, 6.45) is 3.31. The normalized spacial score (nSPS) is 16.3. The van der Waals surface area contributed by atoms with Crippen LogP contribution in [-0.4, -0.2) is 24.6 Å². The van der Waals surface area contributed by atoms with Crippen LogP contribution in [0.25, 0.3) is 6.08 Å². The first-order valence-corrected chi connectivity index (χ1v) is 10.0. The average molecular weight is 424 g/mol. The molecule has 0 spiro atoms. The maximum atomic E-state index is 13.3. The van der Waals surface area contributed by atoms with Gasteiger partial charge in [0, 0.05) is 11.3 Å². The number of methoxy groups -OCH3 is 2. The number of nitrogens with zero attached hydrogens (tertiary/aromatic N) is 2. The molecule has 0 aliphatic carbocycles. The molecule has 0 amide bonds. The SMILES string of the molecule is COc1ccc(/C=c2/sc3n(c2=O)C(c2ccco2)C(C(C)=O)=C(C)N=3)cc1OC. The van der Waals surface area contributed by atoms with Gasteiger partial charge in [0.1, 0.15) is 11.8 Å². The summed E-state index contributed by atoms with van der Waals surface area (Å²) in [5, 5.41) is 0. The van der Waals surface area contributed by atoms with E-state index < -0.39 is 6.04 Å². The highest BCUT2D eigenvalue weighted by Gasteiger charge is 2.32. The van der Waals surface area contributed by atoms with Crippen molar-refractivity contribution in [3.63, 3.8) is 0 Å². The number of Topliss-reactive ketones (excluding diaryl/α,β-unsaturated/α-hetero) is 1. The molecule has 3 heterocycles. The van der Waals surface area contributed by atoms with Crippen molar-refractivity contribution in [2.75, 3.05) is 14.2 Å². The molecule has 0 radical (unpaired) electrons. The molecule has 154 valence electrons.